The average Bonchev–Trinajstić information content (AvgIpc) is 3.09. The van der Waals surface area contributed by atoms with Gasteiger partial charge in [-0.3, -0.25) is 19.8 Å². The SMILES string of the molecule is CCOC(=O)CCN(CC(=O)NC(N)=O)CC1CC1. The van der Waals surface area contributed by atoms with Crippen LogP contribution in [0.2, 0.25) is 0 Å². The molecule has 0 bridgehead atoms. The predicted octanol–water partition coefficient (Wildman–Crippen LogP) is -0.153. The van der Waals surface area contributed by atoms with Gasteiger partial charge in [-0.2, -0.15) is 0 Å². The summed E-state index contributed by atoms with van der Waals surface area (Å²) >= 11 is 0. The number of urea groups is 1. The largest absolute Gasteiger partial charge is 0.466 e. The summed E-state index contributed by atoms with van der Waals surface area (Å²) in [6.45, 7) is 3.37. The van der Waals surface area contributed by atoms with E-state index in [9.17, 15) is 14.4 Å². The van der Waals surface area contributed by atoms with Crippen LogP contribution >= 0.6 is 0 Å². The molecule has 3 amide bonds. The summed E-state index contributed by atoms with van der Waals surface area (Å²) in [5.41, 5.74) is 4.88. The number of carbonyl (C=O) groups excluding carboxylic acids is 3. The third kappa shape index (κ3) is 7.40. The van der Waals surface area contributed by atoms with E-state index in [-0.39, 0.29) is 18.9 Å². The number of amides is 3. The van der Waals surface area contributed by atoms with Gasteiger partial charge in [0.15, 0.2) is 0 Å². The molecule has 0 aromatic heterocycles. The summed E-state index contributed by atoms with van der Waals surface area (Å²) in [6.07, 6.45) is 2.53. The Hall–Kier alpha value is -1.63. The van der Waals surface area contributed by atoms with Crippen LogP contribution in [0.4, 0.5) is 4.79 Å². The number of ether oxygens (including phenoxy) is 1. The van der Waals surface area contributed by atoms with Crippen LogP contribution < -0.4 is 11.1 Å². The van der Waals surface area contributed by atoms with Crippen molar-refractivity contribution in [1.29, 1.82) is 0 Å². The first kappa shape index (κ1) is 15.4. The lowest BCUT2D eigenvalue weighted by Crippen LogP contribution is -2.43. The zero-order valence-electron chi connectivity index (χ0n) is 11.2. The predicted molar refractivity (Wildman–Crippen MR) is 68.1 cm³/mol. The number of nitrogens with zero attached hydrogens (tertiary/aromatic N) is 1. The number of hydrogen-bond donors (Lipinski definition) is 2. The summed E-state index contributed by atoms with van der Waals surface area (Å²) in [7, 11) is 0. The van der Waals surface area contributed by atoms with E-state index < -0.39 is 11.9 Å². The van der Waals surface area contributed by atoms with E-state index in [1.807, 2.05) is 10.2 Å². The van der Waals surface area contributed by atoms with E-state index in [1.54, 1.807) is 6.92 Å². The molecule has 0 saturated heterocycles. The van der Waals surface area contributed by atoms with Crippen LogP contribution in [-0.2, 0) is 14.3 Å². The molecule has 108 valence electrons. The summed E-state index contributed by atoms with van der Waals surface area (Å²) in [6, 6.07) is -0.859. The van der Waals surface area contributed by atoms with E-state index in [0.29, 0.717) is 19.1 Å². The number of primary amides is 1. The third-order valence-electron chi connectivity index (χ3n) is 2.78. The van der Waals surface area contributed by atoms with Crippen LogP contribution in [0, 0.1) is 5.92 Å². The van der Waals surface area contributed by atoms with Crippen molar-refractivity contribution >= 4 is 17.9 Å². The minimum absolute atomic E-state index is 0.0683. The van der Waals surface area contributed by atoms with Gasteiger partial charge in [-0.05, 0) is 25.7 Å². The van der Waals surface area contributed by atoms with Gasteiger partial charge >= 0.3 is 12.0 Å². The molecular weight excluding hydrogens is 250 g/mol. The Labute approximate surface area is 112 Å². The van der Waals surface area contributed by atoms with E-state index in [1.165, 1.54) is 0 Å². The van der Waals surface area contributed by atoms with Gasteiger partial charge in [0.25, 0.3) is 0 Å². The minimum atomic E-state index is -0.859. The number of rotatable bonds is 8. The highest BCUT2D eigenvalue weighted by molar-refractivity contribution is 5.94. The maximum atomic E-state index is 11.5. The normalized spacial score (nSPS) is 14.2. The highest BCUT2D eigenvalue weighted by Crippen LogP contribution is 2.29. The lowest BCUT2D eigenvalue weighted by molar-refractivity contribution is -0.143. The molecule has 7 heteroatoms. The van der Waals surface area contributed by atoms with Gasteiger partial charge in [-0.1, -0.05) is 0 Å². The fourth-order valence-electron chi connectivity index (χ4n) is 1.76. The van der Waals surface area contributed by atoms with Gasteiger partial charge in [0.05, 0.1) is 19.6 Å². The van der Waals surface area contributed by atoms with Gasteiger partial charge in [0.2, 0.25) is 5.91 Å². The smallest absolute Gasteiger partial charge is 0.318 e. The lowest BCUT2D eigenvalue weighted by atomic mass is 10.3. The summed E-state index contributed by atoms with van der Waals surface area (Å²) in [4.78, 5) is 35.2. The molecular formula is C12H21N3O4. The first-order valence-electron chi connectivity index (χ1n) is 6.48. The van der Waals surface area contributed by atoms with Crippen LogP contribution in [0.25, 0.3) is 0 Å². The molecule has 0 aromatic rings. The van der Waals surface area contributed by atoms with E-state index in [0.717, 1.165) is 19.4 Å². The Morgan fingerprint density at radius 1 is 1.37 bits per heavy atom. The number of carbonyl (C=O) groups is 3. The van der Waals surface area contributed by atoms with Crippen LogP contribution in [0.5, 0.6) is 0 Å². The first-order chi connectivity index (χ1) is 9.01. The fraction of sp³-hybridized carbons (Fsp3) is 0.750. The Kier molecular flexibility index (Phi) is 6.27. The Morgan fingerprint density at radius 3 is 2.58 bits per heavy atom. The Morgan fingerprint density at radius 2 is 2.05 bits per heavy atom. The van der Waals surface area contributed by atoms with Gasteiger partial charge < -0.3 is 10.5 Å². The molecule has 1 fully saturated rings. The summed E-state index contributed by atoms with van der Waals surface area (Å²) in [5.74, 6) is -0.140. The zero-order chi connectivity index (χ0) is 14.3. The van der Waals surface area contributed by atoms with Crippen LogP contribution in [0.15, 0.2) is 0 Å². The van der Waals surface area contributed by atoms with Crippen LogP contribution in [0.1, 0.15) is 26.2 Å². The highest BCUT2D eigenvalue weighted by atomic mass is 16.5. The second kappa shape index (κ2) is 7.73. The number of imide groups is 1. The van der Waals surface area contributed by atoms with Crippen molar-refractivity contribution in [3.05, 3.63) is 0 Å². The van der Waals surface area contributed by atoms with Crippen molar-refractivity contribution in [2.45, 2.75) is 26.2 Å². The molecule has 1 aliphatic carbocycles. The van der Waals surface area contributed by atoms with Gasteiger partial charge in [-0.25, -0.2) is 4.79 Å². The molecule has 0 heterocycles. The van der Waals surface area contributed by atoms with E-state index in [4.69, 9.17) is 10.5 Å². The van der Waals surface area contributed by atoms with Crippen molar-refractivity contribution in [3.63, 3.8) is 0 Å². The maximum Gasteiger partial charge on any atom is 0.318 e. The van der Waals surface area contributed by atoms with Gasteiger partial charge in [-0.15, -0.1) is 0 Å². The summed E-state index contributed by atoms with van der Waals surface area (Å²) in [5, 5.41) is 2.02. The van der Waals surface area contributed by atoms with Gasteiger partial charge in [0.1, 0.15) is 0 Å². The zero-order valence-corrected chi connectivity index (χ0v) is 11.2. The average molecular weight is 271 g/mol. The molecule has 1 rings (SSSR count). The number of nitrogens with one attached hydrogen (secondary N) is 1. The van der Waals surface area contributed by atoms with Crippen LogP contribution in [0.3, 0.4) is 0 Å². The summed E-state index contributed by atoms with van der Waals surface area (Å²) < 4.78 is 4.84. The quantitative estimate of drug-likeness (QED) is 0.598. The van der Waals surface area contributed by atoms with Crippen LogP contribution in [-0.4, -0.2) is 49.0 Å². The fourth-order valence-corrected chi connectivity index (χ4v) is 1.76. The van der Waals surface area contributed by atoms with Gasteiger partial charge in [0, 0.05) is 13.1 Å². The Balaban J connectivity index is 2.35. The molecule has 0 radical (unpaired) electrons. The number of nitrogens with two attached hydrogens (primary N) is 1. The molecule has 0 atom stereocenters. The molecule has 19 heavy (non-hydrogen) atoms. The van der Waals surface area contributed by atoms with Crippen molar-refractivity contribution in [3.8, 4) is 0 Å². The standard InChI is InChI=1S/C12H21N3O4/c1-2-19-11(17)5-6-15(7-9-3-4-9)8-10(16)14-12(13)18/h9H,2-8H2,1H3,(H3,13,14,16,18). The van der Waals surface area contributed by atoms with Crippen molar-refractivity contribution in [2.24, 2.45) is 11.7 Å². The lowest BCUT2D eigenvalue weighted by Gasteiger charge is -2.20. The van der Waals surface area contributed by atoms with E-state index in [2.05, 4.69) is 0 Å². The van der Waals surface area contributed by atoms with Crippen molar-refractivity contribution in [1.82, 2.24) is 10.2 Å². The molecule has 0 aliphatic heterocycles. The molecule has 7 nitrogen and oxygen atoms in total. The first-order valence-corrected chi connectivity index (χ1v) is 6.48. The molecule has 1 aliphatic rings. The minimum Gasteiger partial charge on any atom is -0.466 e. The topological polar surface area (TPSA) is 102 Å². The third-order valence-corrected chi connectivity index (χ3v) is 2.78. The number of esters is 1. The second-order valence-electron chi connectivity index (χ2n) is 4.65. The molecule has 0 aromatic carbocycles. The van der Waals surface area contributed by atoms with Crippen molar-refractivity contribution in [2.75, 3.05) is 26.2 Å². The van der Waals surface area contributed by atoms with E-state index >= 15 is 0 Å². The Bertz CT molecular complexity index is 342. The maximum absolute atomic E-state index is 11.5. The molecule has 0 spiro atoms. The van der Waals surface area contributed by atoms with Crippen molar-refractivity contribution < 1.29 is 19.1 Å². The number of hydrogen-bond acceptors (Lipinski definition) is 5. The molecule has 1 saturated carbocycles. The molecule has 0 unspecified atom stereocenters. The monoisotopic (exact) mass is 271 g/mol. The molecule has 3 N–H and O–H groups in total. The highest BCUT2D eigenvalue weighted by Gasteiger charge is 2.25. The second-order valence-corrected chi connectivity index (χ2v) is 4.65.